The quantitative estimate of drug-likeness (QED) is 0.232. The van der Waals surface area contributed by atoms with Crippen molar-refractivity contribution in [2.24, 2.45) is 0 Å². The molecule has 42 heavy (non-hydrogen) atoms. The Morgan fingerprint density at radius 1 is 0.810 bits per heavy atom. The molecule has 0 heterocycles. The highest BCUT2D eigenvalue weighted by Crippen LogP contribution is 2.26. The second-order valence-electron chi connectivity index (χ2n) is 9.82. The van der Waals surface area contributed by atoms with E-state index in [0.29, 0.717) is 16.3 Å². The maximum absolute atomic E-state index is 14.3. The lowest BCUT2D eigenvalue weighted by Gasteiger charge is -2.33. The summed E-state index contributed by atoms with van der Waals surface area (Å²) in [4.78, 5) is 29.1. The van der Waals surface area contributed by atoms with Gasteiger partial charge in [-0.25, -0.2) is 8.42 Å². The van der Waals surface area contributed by atoms with E-state index in [0.717, 1.165) is 21.9 Å². The van der Waals surface area contributed by atoms with Crippen LogP contribution in [0.1, 0.15) is 23.6 Å². The molecule has 1 atom stereocenters. The molecule has 0 aromatic heterocycles. The average Bonchev–Trinajstić information content (AvgIpc) is 3.02. The van der Waals surface area contributed by atoms with Crippen molar-refractivity contribution in [2.75, 3.05) is 17.9 Å². The topological polar surface area (TPSA) is 86.8 Å². The molecule has 1 unspecified atom stereocenters. The van der Waals surface area contributed by atoms with E-state index in [-0.39, 0.29) is 23.8 Å². The maximum atomic E-state index is 14.3. The van der Waals surface area contributed by atoms with Crippen LogP contribution in [0.15, 0.2) is 114 Å². The first-order chi connectivity index (χ1) is 20.2. The Morgan fingerprint density at radius 3 is 2.02 bits per heavy atom. The third-order valence-electron chi connectivity index (χ3n) is 7.00. The number of anilines is 1. The molecule has 0 fully saturated rings. The van der Waals surface area contributed by atoms with Gasteiger partial charge in [-0.1, -0.05) is 91.3 Å². The number of likely N-dealkylation sites (N-methyl/N-ethyl adjacent to an activating group) is 1. The van der Waals surface area contributed by atoms with Crippen molar-refractivity contribution in [3.05, 3.63) is 131 Å². The lowest BCUT2D eigenvalue weighted by atomic mass is 10.0. The third-order valence-corrected chi connectivity index (χ3v) is 9.03. The fraction of sp³-hybridized carbons (Fsp3) is 0.212. The summed E-state index contributed by atoms with van der Waals surface area (Å²) in [6.07, 6.45) is 1.02. The normalized spacial score (nSPS) is 11.9. The number of benzene rings is 4. The fourth-order valence-electron chi connectivity index (χ4n) is 4.70. The van der Waals surface area contributed by atoms with Gasteiger partial charge in [0.1, 0.15) is 12.6 Å². The number of aryl methyl sites for hydroxylation is 1. The Labute approximate surface area is 252 Å². The van der Waals surface area contributed by atoms with Crippen LogP contribution in [-0.4, -0.2) is 44.8 Å². The SMILES string of the molecule is CCc1ccc(N(CC(=O)N(Cc2cccc(Cl)c2)C(Cc2ccccc2)C(=O)NC)S(=O)(=O)c2ccccc2)cc1. The van der Waals surface area contributed by atoms with Crippen LogP contribution in [0.4, 0.5) is 5.69 Å². The second kappa shape index (κ2) is 14.2. The number of nitrogens with zero attached hydrogens (tertiary/aromatic N) is 2. The first-order valence-corrected chi connectivity index (χ1v) is 15.5. The number of sulfonamides is 1. The van der Waals surface area contributed by atoms with E-state index in [4.69, 9.17) is 11.6 Å². The van der Waals surface area contributed by atoms with Gasteiger partial charge in [0, 0.05) is 25.0 Å². The van der Waals surface area contributed by atoms with E-state index in [9.17, 15) is 18.0 Å². The Bertz CT molecular complexity index is 1600. The molecule has 218 valence electrons. The summed E-state index contributed by atoms with van der Waals surface area (Å²) in [5.41, 5.74) is 2.96. The van der Waals surface area contributed by atoms with Crippen LogP contribution in [0.2, 0.25) is 5.02 Å². The lowest BCUT2D eigenvalue weighted by Crippen LogP contribution is -2.53. The van der Waals surface area contributed by atoms with Crippen molar-refractivity contribution in [1.82, 2.24) is 10.2 Å². The molecule has 0 bridgehead atoms. The molecule has 0 spiro atoms. The summed E-state index contributed by atoms with van der Waals surface area (Å²) < 4.78 is 29.0. The van der Waals surface area contributed by atoms with Crippen LogP contribution in [0.3, 0.4) is 0 Å². The van der Waals surface area contributed by atoms with Gasteiger partial charge in [0.25, 0.3) is 10.0 Å². The van der Waals surface area contributed by atoms with Crippen molar-refractivity contribution in [3.8, 4) is 0 Å². The maximum Gasteiger partial charge on any atom is 0.264 e. The molecule has 7 nitrogen and oxygen atoms in total. The van der Waals surface area contributed by atoms with E-state index in [1.165, 1.54) is 24.1 Å². The van der Waals surface area contributed by atoms with Gasteiger partial charge < -0.3 is 10.2 Å². The number of hydrogen-bond acceptors (Lipinski definition) is 4. The molecule has 1 N–H and O–H groups in total. The number of rotatable bonds is 12. The van der Waals surface area contributed by atoms with Gasteiger partial charge in [-0.3, -0.25) is 13.9 Å². The Morgan fingerprint density at radius 2 is 1.43 bits per heavy atom. The fourth-order valence-corrected chi connectivity index (χ4v) is 6.35. The molecule has 2 amide bonds. The number of carbonyl (C=O) groups excluding carboxylic acids is 2. The summed E-state index contributed by atoms with van der Waals surface area (Å²) in [5, 5.41) is 3.17. The predicted octanol–water partition coefficient (Wildman–Crippen LogP) is 5.48. The molecule has 0 saturated heterocycles. The van der Waals surface area contributed by atoms with Crippen LogP contribution in [0.5, 0.6) is 0 Å². The molecule has 4 rings (SSSR count). The predicted molar refractivity (Wildman–Crippen MR) is 167 cm³/mol. The van der Waals surface area contributed by atoms with Crippen LogP contribution in [0.25, 0.3) is 0 Å². The molecular weight excluding hydrogens is 570 g/mol. The van der Waals surface area contributed by atoms with E-state index in [1.54, 1.807) is 48.5 Å². The number of halogens is 1. The Balaban J connectivity index is 1.78. The zero-order valence-corrected chi connectivity index (χ0v) is 25.2. The van der Waals surface area contributed by atoms with Crippen molar-refractivity contribution < 1.29 is 18.0 Å². The minimum Gasteiger partial charge on any atom is -0.357 e. The second-order valence-corrected chi connectivity index (χ2v) is 12.1. The number of nitrogens with one attached hydrogen (secondary N) is 1. The van der Waals surface area contributed by atoms with Gasteiger partial charge in [0.2, 0.25) is 11.8 Å². The lowest BCUT2D eigenvalue weighted by molar-refractivity contribution is -0.139. The third kappa shape index (κ3) is 7.57. The smallest absolute Gasteiger partial charge is 0.264 e. The highest BCUT2D eigenvalue weighted by Gasteiger charge is 2.34. The number of carbonyl (C=O) groups is 2. The van der Waals surface area contributed by atoms with Gasteiger partial charge >= 0.3 is 0 Å². The van der Waals surface area contributed by atoms with Crippen molar-refractivity contribution >= 4 is 39.1 Å². The Kier molecular flexibility index (Phi) is 10.4. The number of hydrogen-bond donors (Lipinski definition) is 1. The van der Waals surface area contributed by atoms with Crippen LogP contribution >= 0.6 is 11.6 Å². The van der Waals surface area contributed by atoms with Crippen molar-refractivity contribution in [2.45, 2.75) is 37.2 Å². The molecular formula is C33H34ClN3O4S. The summed E-state index contributed by atoms with van der Waals surface area (Å²) in [7, 11) is -2.61. The van der Waals surface area contributed by atoms with Crippen LogP contribution < -0.4 is 9.62 Å². The van der Waals surface area contributed by atoms with E-state index in [1.807, 2.05) is 55.5 Å². The molecule has 0 saturated carbocycles. The van der Waals surface area contributed by atoms with Gasteiger partial charge in [-0.2, -0.15) is 0 Å². The zero-order chi connectivity index (χ0) is 30.1. The van der Waals surface area contributed by atoms with E-state index < -0.39 is 28.5 Å². The van der Waals surface area contributed by atoms with Crippen LogP contribution in [-0.2, 0) is 39.0 Å². The summed E-state index contributed by atoms with van der Waals surface area (Å²) in [6.45, 7) is 1.56. The van der Waals surface area contributed by atoms with E-state index in [2.05, 4.69) is 5.32 Å². The zero-order valence-electron chi connectivity index (χ0n) is 23.6. The largest absolute Gasteiger partial charge is 0.357 e. The van der Waals surface area contributed by atoms with Gasteiger partial charge in [-0.15, -0.1) is 0 Å². The average molecular weight is 604 g/mol. The minimum absolute atomic E-state index is 0.0539. The van der Waals surface area contributed by atoms with Gasteiger partial charge in [-0.05, 0) is 59.5 Å². The van der Waals surface area contributed by atoms with Gasteiger partial charge in [0.15, 0.2) is 0 Å². The highest BCUT2D eigenvalue weighted by atomic mass is 35.5. The minimum atomic E-state index is -4.13. The summed E-state index contributed by atoms with van der Waals surface area (Å²) in [6, 6.07) is 30.6. The molecule has 0 aliphatic carbocycles. The first-order valence-electron chi connectivity index (χ1n) is 13.7. The van der Waals surface area contributed by atoms with E-state index >= 15 is 0 Å². The van der Waals surface area contributed by atoms with Gasteiger partial charge in [0.05, 0.1) is 10.6 Å². The van der Waals surface area contributed by atoms with Crippen molar-refractivity contribution in [1.29, 1.82) is 0 Å². The highest BCUT2D eigenvalue weighted by molar-refractivity contribution is 7.92. The molecule has 4 aromatic rings. The summed E-state index contributed by atoms with van der Waals surface area (Å²) >= 11 is 6.25. The molecule has 4 aromatic carbocycles. The van der Waals surface area contributed by atoms with Crippen LogP contribution in [0, 0.1) is 0 Å². The molecule has 0 radical (unpaired) electrons. The molecule has 9 heteroatoms. The molecule has 0 aliphatic heterocycles. The first kappa shape index (κ1) is 30.8. The Hall–Kier alpha value is -4.14. The number of amides is 2. The van der Waals surface area contributed by atoms with Crippen molar-refractivity contribution in [3.63, 3.8) is 0 Å². The monoisotopic (exact) mass is 603 g/mol. The summed E-state index contributed by atoms with van der Waals surface area (Å²) in [5.74, 6) is -0.891. The molecule has 0 aliphatic rings. The standard InChI is InChI=1S/C33H34ClN3O4S/c1-3-25-17-19-29(20-18-25)37(42(40,41)30-15-8-5-9-16-30)24-32(38)36(23-27-13-10-14-28(34)21-27)31(33(39)35-2)22-26-11-6-4-7-12-26/h4-21,31H,3,22-24H2,1-2H3,(H,35,39).